The Morgan fingerprint density at radius 1 is 0.582 bits per heavy atom. The Hall–Kier alpha value is -4.28. The molecule has 9 rings (SSSR count). The van der Waals surface area contributed by atoms with Crippen LogP contribution in [0.1, 0.15) is 121 Å². The fourth-order valence-electron chi connectivity index (χ4n) is 9.80. The number of hydrogen-bond acceptors (Lipinski definition) is 3. The summed E-state index contributed by atoms with van der Waals surface area (Å²) < 4.78 is 2.81. The maximum Gasteiger partial charge on any atom is 0.264 e. The Morgan fingerprint density at radius 3 is 1.80 bits per heavy atom. The molecule has 0 fully saturated rings. The molecule has 0 saturated heterocycles. The zero-order valence-electron chi connectivity index (χ0n) is 35.4. The summed E-state index contributed by atoms with van der Waals surface area (Å²) in [7, 11) is 0. The van der Waals surface area contributed by atoms with E-state index in [-0.39, 0.29) is 28.4 Å². The third-order valence-electron chi connectivity index (χ3n) is 13.2. The minimum atomic E-state index is 0.0738. The second-order valence-corrected chi connectivity index (χ2v) is 21.5. The monoisotopic (exact) mass is 740 g/mol. The molecule has 0 atom stereocenters. The molecule has 0 N–H and O–H groups in total. The van der Waals surface area contributed by atoms with Gasteiger partial charge in [-0.15, -0.1) is 11.3 Å². The molecule has 5 aromatic carbocycles. The lowest BCUT2D eigenvalue weighted by atomic mass is 9.35. The van der Waals surface area contributed by atoms with Gasteiger partial charge in [0.15, 0.2) is 0 Å². The van der Waals surface area contributed by atoms with E-state index in [9.17, 15) is 0 Å². The molecule has 0 bridgehead atoms. The summed E-state index contributed by atoms with van der Waals surface area (Å²) in [4.78, 5) is 5.27. The van der Waals surface area contributed by atoms with Crippen LogP contribution in [-0.4, -0.2) is 6.71 Å². The van der Waals surface area contributed by atoms with Crippen LogP contribution in [0.25, 0.3) is 10.1 Å². The van der Waals surface area contributed by atoms with Crippen molar-refractivity contribution in [1.82, 2.24) is 0 Å². The Kier molecular flexibility index (Phi) is 7.85. The lowest BCUT2D eigenvalue weighted by Crippen LogP contribution is -2.61. The summed E-state index contributed by atoms with van der Waals surface area (Å²) in [5.74, 6) is 0. The van der Waals surface area contributed by atoms with Gasteiger partial charge < -0.3 is 9.80 Å². The van der Waals surface area contributed by atoms with E-state index in [0.29, 0.717) is 0 Å². The summed E-state index contributed by atoms with van der Waals surface area (Å²) in [5.41, 5.74) is 20.6. The Balaban J connectivity index is 1.41. The lowest BCUT2D eigenvalue weighted by molar-refractivity contribution is 0.332. The van der Waals surface area contributed by atoms with Gasteiger partial charge in [0.1, 0.15) is 0 Å². The Labute approximate surface area is 334 Å². The number of hydrogen-bond donors (Lipinski definition) is 0. The first-order chi connectivity index (χ1) is 25.7. The maximum absolute atomic E-state index is 2.66. The molecule has 2 aliphatic heterocycles. The van der Waals surface area contributed by atoms with Crippen LogP contribution in [0, 0.1) is 20.8 Å². The number of benzene rings is 5. The van der Waals surface area contributed by atoms with Crippen molar-refractivity contribution in [2.75, 3.05) is 9.80 Å². The third kappa shape index (κ3) is 5.56. The third-order valence-corrected chi connectivity index (χ3v) is 14.5. The highest BCUT2D eigenvalue weighted by Gasteiger charge is 2.48. The van der Waals surface area contributed by atoms with E-state index in [2.05, 4.69) is 185 Å². The molecule has 55 heavy (non-hydrogen) atoms. The van der Waals surface area contributed by atoms with E-state index < -0.39 is 0 Å². The van der Waals surface area contributed by atoms with E-state index in [0.717, 1.165) is 0 Å². The number of aryl methyl sites for hydroxylation is 3. The summed E-state index contributed by atoms with van der Waals surface area (Å²) in [6.07, 6.45) is 2.39. The van der Waals surface area contributed by atoms with Crippen LogP contribution < -0.4 is 25.5 Å². The molecular formula is C51H57BN2S. The van der Waals surface area contributed by atoms with Gasteiger partial charge in [-0.2, -0.15) is 0 Å². The highest BCUT2D eigenvalue weighted by atomic mass is 32.1. The number of thiophene rings is 1. The molecule has 1 aliphatic carbocycles. The zero-order valence-corrected chi connectivity index (χ0v) is 36.2. The first-order valence-electron chi connectivity index (χ1n) is 20.4. The molecule has 0 unspecified atom stereocenters. The van der Waals surface area contributed by atoms with Crippen LogP contribution in [0.3, 0.4) is 0 Å². The lowest BCUT2D eigenvalue weighted by Gasteiger charge is -2.47. The number of anilines is 6. The zero-order chi connectivity index (χ0) is 39.1. The standard InChI is InChI=1S/C51H57BN2S/c1-30-14-21-44-36(24-30)46-47(55-44)52-39-28-37-38(51(12,13)23-22-50(37,10)11)29-41(39)53(35-18-15-33(16-19-35)48(4,5)6)42-25-31(2)26-43(45(42)52)54(46)40-20-17-34(27-32(40)3)49(7,8)9/h14-21,24-29H,22-23H2,1-13H3. The molecule has 280 valence electrons. The topological polar surface area (TPSA) is 6.48 Å². The second-order valence-electron chi connectivity index (χ2n) is 20.4. The van der Waals surface area contributed by atoms with Gasteiger partial charge in [-0.25, -0.2) is 0 Å². The van der Waals surface area contributed by atoms with Crippen molar-refractivity contribution in [1.29, 1.82) is 0 Å². The number of nitrogens with zero attached hydrogens (tertiary/aromatic N) is 2. The van der Waals surface area contributed by atoms with Crippen molar-refractivity contribution < 1.29 is 0 Å². The summed E-state index contributed by atoms with van der Waals surface area (Å²) >= 11 is 2.01. The smallest absolute Gasteiger partial charge is 0.264 e. The van der Waals surface area contributed by atoms with Crippen molar-refractivity contribution in [2.24, 2.45) is 0 Å². The molecule has 6 aromatic rings. The molecule has 4 heteroatoms. The first kappa shape index (κ1) is 36.4. The molecule has 0 amide bonds. The molecular weight excluding hydrogens is 683 g/mol. The van der Waals surface area contributed by atoms with Gasteiger partial charge in [0.2, 0.25) is 0 Å². The Morgan fingerprint density at radius 2 is 1.18 bits per heavy atom. The van der Waals surface area contributed by atoms with Crippen LogP contribution in [-0.2, 0) is 21.7 Å². The van der Waals surface area contributed by atoms with Gasteiger partial charge in [-0.1, -0.05) is 111 Å². The highest BCUT2D eigenvalue weighted by molar-refractivity contribution is 7.33. The molecule has 1 aromatic heterocycles. The van der Waals surface area contributed by atoms with Crippen molar-refractivity contribution in [3.8, 4) is 0 Å². The van der Waals surface area contributed by atoms with E-state index in [4.69, 9.17) is 0 Å². The minimum Gasteiger partial charge on any atom is -0.311 e. The molecule has 3 aliphatic rings. The predicted octanol–water partition coefficient (Wildman–Crippen LogP) is 12.9. The molecule has 0 spiro atoms. The van der Waals surface area contributed by atoms with Crippen molar-refractivity contribution in [3.63, 3.8) is 0 Å². The van der Waals surface area contributed by atoms with E-state index in [1.165, 1.54) is 112 Å². The van der Waals surface area contributed by atoms with Crippen molar-refractivity contribution in [2.45, 2.75) is 125 Å². The van der Waals surface area contributed by atoms with Gasteiger partial charge in [0.25, 0.3) is 6.71 Å². The largest absolute Gasteiger partial charge is 0.311 e. The van der Waals surface area contributed by atoms with Crippen LogP contribution in [0.5, 0.6) is 0 Å². The predicted molar refractivity (Wildman–Crippen MR) is 243 cm³/mol. The average molecular weight is 741 g/mol. The van der Waals surface area contributed by atoms with Crippen LogP contribution in [0.4, 0.5) is 34.1 Å². The Bertz CT molecular complexity index is 2550. The van der Waals surface area contributed by atoms with Gasteiger partial charge in [-0.3, -0.25) is 0 Å². The summed E-state index contributed by atoms with van der Waals surface area (Å²) in [6, 6.07) is 34.0. The van der Waals surface area contributed by atoms with Crippen LogP contribution >= 0.6 is 11.3 Å². The van der Waals surface area contributed by atoms with Crippen LogP contribution in [0.15, 0.2) is 84.9 Å². The van der Waals surface area contributed by atoms with E-state index >= 15 is 0 Å². The second kappa shape index (κ2) is 11.9. The number of fused-ring (bicyclic) bond motifs is 7. The van der Waals surface area contributed by atoms with E-state index in [1.807, 2.05) is 11.3 Å². The van der Waals surface area contributed by atoms with Gasteiger partial charge in [0, 0.05) is 43.3 Å². The van der Waals surface area contributed by atoms with Gasteiger partial charge >= 0.3 is 0 Å². The van der Waals surface area contributed by atoms with Crippen molar-refractivity contribution in [3.05, 3.63) is 124 Å². The molecule has 0 saturated carbocycles. The highest BCUT2D eigenvalue weighted by Crippen LogP contribution is 2.52. The fourth-order valence-corrected chi connectivity index (χ4v) is 11.1. The quantitative estimate of drug-likeness (QED) is 0.163. The maximum atomic E-state index is 2.66. The minimum absolute atomic E-state index is 0.0738. The van der Waals surface area contributed by atoms with Gasteiger partial charge in [0.05, 0.1) is 5.69 Å². The first-order valence-corrected chi connectivity index (χ1v) is 21.2. The summed E-state index contributed by atoms with van der Waals surface area (Å²) in [5, 5.41) is 1.36. The van der Waals surface area contributed by atoms with Crippen LogP contribution in [0.2, 0.25) is 0 Å². The summed E-state index contributed by atoms with van der Waals surface area (Å²) in [6.45, 7) is 30.7. The normalized spacial score (nSPS) is 16.9. The van der Waals surface area contributed by atoms with Gasteiger partial charge in [-0.05, 0) is 148 Å². The number of rotatable bonds is 2. The molecule has 3 heterocycles. The molecule has 0 radical (unpaired) electrons. The fraction of sp³-hybridized carbons (Fsp3) is 0.373. The van der Waals surface area contributed by atoms with E-state index in [1.54, 1.807) is 0 Å². The van der Waals surface area contributed by atoms with Crippen molar-refractivity contribution >= 4 is 78.0 Å². The average Bonchev–Trinajstić information content (AvgIpc) is 3.47. The SMILES string of the molecule is Cc1cc2c3c(c1)N(c1ccc(C(C)(C)C)cc1C)c1c(sc4ccc(C)cc14)B3c1cc3c(cc1N2c1ccc(C(C)(C)C)cc1)C(C)(C)CCC3(C)C. The molecule has 2 nitrogen and oxygen atoms in total.